The van der Waals surface area contributed by atoms with Crippen LogP contribution in [0.15, 0.2) is 48.5 Å². The van der Waals surface area contributed by atoms with Gasteiger partial charge in [-0.1, -0.05) is 12.1 Å². The van der Waals surface area contributed by atoms with Crippen molar-refractivity contribution in [3.05, 3.63) is 70.0 Å². The lowest BCUT2D eigenvalue weighted by Gasteiger charge is -2.13. The van der Waals surface area contributed by atoms with Gasteiger partial charge in [0.2, 0.25) is 0 Å². The van der Waals surface area contributed by atoms with Crippen LogP contribution < -0.4 is 5.32 Å². The molecule has 8 heteroatoms. The number of esters is 1. The summed E-state index contributed by atoms with van der Waals surface area (Å²) in [5, 5.41) is 13.2. The maximum atomic E-state index is 12.8. The molecule has 2 aromatic carbocycles. The molecule has 7 nitrogen and oxygen atoms in total. The van der Waals surface area contributed by atoms with E-state index >= 15 is 0 Å². The molecule has 0 radical (unpaired) electrons. The Bertz CT molecular complexity index is 776. The van der Waals surface area contributed by atoms with Crippen LogP contribution in [-0.4, -0.2) is 22.9 Å². The van der Waals surface area contributed by atoms with Crippen molar-refractivity contribution in [3.8, 4) is 0 Å². The van der Waals surface area contributed by atoms with Crippen LogP contribution >= 0.6 is 0 Å². The molecule has 0 bridgehead atoms. The van der Waals surface area contributed by atoms with Gasteiger partial charge in [0, 0.05) is 6.07 Å². The van der Waals surface area contributed by atoms with Crippen molar-refractivity contribution in [1.82, 2.24) is 0 Å². The number of rotatable bonds is 5. The van der Waals surface area contributed by atoms with Gasteiger partial charge in [-0.05, 0) is 37.3 Å². The van der Waals surface area contributed by atoms with Crippen molar-refractivity contribution in [2.24, 2.45) is 0 Å². The zero-order chi connectivity index (χ0) is 17.7. The highest BCUT2D eigenvalue weighted by Gasteiger charge is 2.22. The normalized spacial score (nSPS) is 11.4. The number of halogens is 1. The van der Waals surface area contributed by atoms with Crippen LogP contribution in [0.3, 0.4) is 0 Å². The first kappa shape index (κ1) is 17.1. The number of anilines is 1. The third kappa shape index (κ3) is 4.13. The summed E-state index contributed by atoms with van der Waals surface area (Å²) < 4.78 is 17.8. The van der Waals surface area contributed by atoms with E-state index in [0.29, 0.717) is 0 Å². The van der Waals surface area contributed by atoms with E-state index in [-0.39, 0.29) is 16.9 Å². The smallest absolute Gasteiger partial charge is 0.338 e. The van der Waals surface area contributed by atoms with Gasteiger partial charge < -0.3 is 10.1 Å². The molecule has 2 rings (SSSR count). The number of benzene rings is 2. The number of hydrogen-bond donors (Lipinski definition) is 1. The summed E-state index contributed by atoms with van der Waals surface area (Å²) in [6.07, 6.45) is -1.19. The molecular formula is C16H13FN2O5. The summed E-state index contributed by atoms with van der Waals surface area (Å²) in [6.45, 7) is 1.32. The fraction of sp³-hybridized carbons (Fsp3) is 0.125. The predicted octanol–water partition coefficient (Wildman–Crippen LogP) is 2.92. The summed E-state index contributed by atoms with van der Waals surface area (Å²) in [5.74, 6) is -2.03. The number of hydrogen-bond acceptors (Lipinski definition) is 5. The van der Waals surface area contributed by atoms with Crippen molar-refractivity contribution in [1.29, 1.82) is 0 Å². The number of carbonyl (C=O) groups is 2. The number of carbonyl (C=O) groups excluding carboxylic acids is 2. The largest absolute Gasteiger partial charge is 0.449 e. The molecule has 0 unspecified atom stereocenters. The molecule has 0 aliphatic heterocycles. The highest BCUT2D eigenvalue weighted by atomic mass is 19.1. The van der Waals surface area contributed by atoms with Crippen molar-refractivity contribution in [2.75, 3.05) is 5.32 Å². The van der Waals surface area contributed by atoms with Crippen LogP contribution in [0, 0.1) is 15.9 Å². The van der Waals surface area contributed by atoms with Gasteiger partial charge in [-0.3, -0.25) is 14.9 Å². The minimum absolute atomic E-state index is 0.00261. The van der Waals surface area contributed by atoms with Crippen LogP contribution in [0.5, 0.6) is 0 Å². The molecule has 124 valence electrons. The quantitative estimate of drug-likeness (QED) is 0.515. The second kappa shape index (κ2) is 7.32. The monoisotopic (exact) mass is 332 g/mol. The number of nitrogens with zero attached hydrogens (tertiary/aromatic N) is 1. The predicted molar refractivity (Wildman–Crippen MR) is 83.0 cm³/mol. The molecule has 24 heavy (non-hydrogen) atoms. The first-order valence-electron chi connectivity index (χ1n) is 6.89. The Hall–Kier alpha value is -3.29. The Morgan fingerprint density at radius 1 is 1.17 bits per heavy atom. The summed E-state index contributed by atoms with van der Waals surface area (Å²) in [7, 11) is 0. The van der Waals surface area contributed by atoms with E-state index in [1.807, 2.05) is 0 Å². The van der Waals surface area contributed by atoms with E-state index in [1.54, 1.807) is 0 Å². The molecule has 1 N–H and O–H groups in total. The zero-order valence-corrected chi connectivity index (χ0v) is 12.6. The van der Waals surface area contributed by atoms with Gasteiger partial charge in [0.15, 0.2) is 6.10 Å². The van der Waals surface area contributed by atoms with E-state index < -0.39 is 28.7 Å². The molecule has 0 aliphatic rings. The van der Waals surface area contributed by atoms with Gasteiger partial charge in [0.05, 0.1) is 10.5 Å². The van der Waals surface area contributed by atoms with E-state index in [9.17, 15) is 24.1 Å². The van der Waals surface area contributed by atoms with Crippen molar-refractivity contribution < 1.29 is 23.6 Å². The summed E-state index contributed by atoms with van der Waals surface area (Å²) in [4.78, 5) is 34.2. The minimum atomic E-state index is -1.19. The van der Waals surface area contributed by atoms with E-state index in [1.165, 1.54) is 43.3 Å². The number of para-hydroxylation sites is 2. The molecule has 0 spiro atoms. The summed E-state index contributed by atoms with van der Waals surface area (Å²) >= 11 is 0. The van der Waals surface area contributed by atoms with E-state index in [0.717, 1.165) is 12.1 Å². The molecule has 0 aromatic heterocycles. The van der Waals surface area contributed by atoms with E-state index in [4.69, 9.17) is 4.74 Å². The van der Waals surface area contributed by atoms with Gasteiger partial charge in [-0.2, -0.15) is 0 Å². The maximum absolute atomic E-state index is 12.8. The topological polar surface area (TPSA) is 98.5 Å². The fourth-order valence-electron chi connectivity index (χ4n) is 1.84. The number of ether oxygens (including phenoxy) is 1. The number of nitrogens with one attached hydrogen (secondary N) is 1. The summed E-state index contributed by atoms with van der Waals surface area (Å²) in [6, 6.07) is 10.2. The number of amides is 1. The van der Waals surface area contributed by atoms with Crippen LogP contribution in [0.2, 0.25) is 0 Å². The second-order valence-corrected chi connectivity index (χ2v) is 4.82. The first-order chi connectivity index (χ1) is 11.4. The zero-order valence-electron chi connectivity index (χ0n) is 12.6. The Labute approximate surface area is 136 Å². The van der Waals surface area contributed by atoms with Crippen LogP contribution in [0.4, 0.5) is 15.8 Å². The van der Waals surface area contributed by atoms with Crippen LogP contribution in [0.1, 0.15) is 17.3 Å². The molecule has 0 heterocycles. The molecule has 1 amide bonds. The highest BCUT2D eigenvalue weighted by molar-refractivity contribution is 5.98. The van der Waals surface area contributed by atoms with Gasteiger partial charge in [-0.15, -0.1) is 0 Å². The molecule has 0 aliphatic carbocycles. The lowest BCUT2D eigenvalue weighted by molar-refractivity contribution is -0.383. The van der Waals surface area contributed by atoms with Crippen LogP contribution in [0.25, 0.3) is 0 Å². The maximum Gasteiger partial charge on any atom is 0.338 e. The standard InChI is InChI=1S/C16H13FN2O5/c1-10(24-16(21)11-6-8-12(17)9-7-11)15(20)18-13-4-2-3-5-14(13)19(22)23/h2-10H,1H3,(H,18,20)/t10-/m1/s1. The van der Waals surface area contributed by atoms with Crippen molar-refractivity contribution in [2.45, 2.75) is 13.0 Å². The van der Waals surface area contributed by atoms with Gasteiger partial charge >= 0.3 is 5.97 Å². The third-order valence-corrected chi connectivity index (χ3v) is 3.09. The SMILES string of the molecule is C[C@@H](OC(=O)c1ccc(F)cc1)C(=O)Nc1ccccc1[N+](=O)[O-]. The molecule has 1 atom stereocenters. The Morgan fingerprint density at radius 3 is 2.42 bits per heavy atom. The molecule has 0 saturated heterocycles. The molecular weight excluding hydrogens is 319 g/mol. The van der Waals surface area contributed by atoms with Crippen LogP contribution in [-0.2, 0) is 9.53 Å². The number of nitro groups is 1. The Balaban J connectivity index is 2.04. The van der Waals surface area contributed by atoms with Crippen molar-refractivity contribution >= 4 is 23.3 Å². The van der Waals surface area contributed by atoms with Gasteiger partial charge in [0.25, 0.3) is 11.6 Å². The average molecular weight is 332 g/mol. The highest BCUT2D eigenvalue weighted by Crippen LogP contribution is 2.23. The number of nitro benzene ring substituents is 1. The van der Waals surface area contributed by atoms with Crippen molar-refractivity contribution in [3.63, 3.8) is 0 Å². The van der Waals surface area contributed by atoms with Gasteiger partial charge in [-0.25, -0.2) is 9.18 Å². The fourth-order valence-corrected chi connectivity index (χ4v) is 1.84. The molecule has 0 saturated carbocycles. The summed E-state index contributed by atoms with van der Waals surface area (Å²) in [5.41, 5.74) is -0.193. The lowest BCUT2D eigenvalue weighted by atomic mass is 10.2. The van der Waals surface area contributed by atoms with Gasteiger partial charge in [0.1, 0.15) is 11.5 Å². The minimum Gasteiger partial charge on any atom is -0.449 e. The Kier molecular flexibility index (Phi) is 5.20. The average Bonchev–Trinajstić information content (AvgIpc) is 2.55. The Morgan fingerprint density at radius 2 is 1.79 bits per heavy atom. The van der Waals surface area contributed by atoms with E-state index in [2.05, 4.69) is 5.32 Å². The lowest BCUT2D eigenvalue weighted by Crippen LogP contribution is -2.30. The molecule has 0 fully saturated rings. The third-order valence-electron chi connectivity index (χ3n) is 3.09. The first-order valence-corrected chi connectivity index (χ1v) is 6.89. The molecule has 2 aromatic rings. The second-order valence-electron chi connectivity index (χ2n) is 4.82.